The minimum absolute atomic E-state index is 0.103. The highest BCUT2D eigenvalue weighted by Gasteiger charge is 2.56. The molecule has 0 unspecified atom stereocenters. The highest BCUT2D eigenvalue weighted by Crippen LogP contribution is 2.38. The fraction of sp³-hybridized carbons (Fsp3) is 0.286. The highest BCUT2D eigenvalue weighted by molar-refractivity contribution is 6.31. The van der Waals surface area contributed by atoms with Crippen LogP contribution in [0.3, 0.4) is 0 Å². The molecule has 3 rings (SSSR count). The molecule has 1 aliphatic heterocycles. The molecule has 0 aliphatic carbocycles. The zero-order chi connectivity index (χ0) is 23.6. The Morgan fingerprint density at radius 2 is 1.59 bits per heavy atom. The molecule has 0 saturated carbocycles. The third-order valence-corrected chi connectivity index (χ3v) is 5.70. The molecule has 32 heavy (non-hydrogen) atoms. The maximum atomic E-state index is 13.3. The molecule has 0 radical (unpaired) electrons. The number of urea groups is 2. The number of rotatable bonds is 6. The molecule has 0 spiro atoms. The summed E-state index contributed by atoms with van der Waals surface area (Å²) in [7, 11) is 0. The van der Waals surface area contributed by atoms with Crippen LogP contribution in [0.15, 0.2) is 48.5 Å². The van der Waals surface area contributed by atoms with Gasteiger partial charge in [-0.1, -0.05) is 23.2 Å². The van der Waals surface area contributed by atoms with E-state index in [9.17, 15) is 19.6 Å². The predicted octanol–water partition coefficient (Wildman–Crippen LogP) is 4.74. The van der Waals surface area contributed by atoms with Gasteiger partial charge in [0.2, 0.25) is 0 Å². The van der Waals surface area contributed by atoms with E-state index in [-0.39, 0.29) is 13.0 Å². The van der Waals surface area contributed by atoms with E-state index >= 15 is 0 Å². The van der Waals surface area contributed by atoms with Gasteiger partial charge in [-0.05, 0) is 62.4 Å². The second kappa shape index (κ2) is 9.23. The molecule has 2 aromatic carbocycles. The van der Waals surface area contributed by atoms with E-state index in [1.54, 1.807) is 62.4 Å². The quantitative estimate of drug-likeness (QED) is 0.408. The molecular formula is C21H22Cl2N4O5. The number of carbonyl (C=O) groups excluding carboxylic acids is 2. The number of hydrogen-bond acceptors (Lipinski definition) is 4. The number of halogens is 2. The SMILES string of the molecule is CC1(C)[C@H](N(O)C(=O)Nc2ccc(Cl)cc2)N(c2ccc(Cl)cc2)C(=O)N1CCC(=O)O. The summed E-state index contributed by atoms with van der Waals surface area (Å²) in [4.78, 5) is 39.8. The normalized spacial score (nSPS) is 17.4. The Morgan fingerprint density at radius 1 is 1.06 bits per heavy atom. The number of benzene rings is 2. The van der Waals surface area contributed by atoms with Crippen LogP contribution in [0.4, 0.5) is 21.0 Å². The standard InChI is InChI=1S/C21H22Cl2N4O5/c1-21(2)18(27(32)19(30)24-15-7-3-13(22)4-8-15)26(16-9-5-14(23)6-10-16)20(31)25(21)12-11-17(28)29/h3-10,18,32H,11-12H2,1-2H3,(H,24,30)(H,28,29)/t18-/m0/s1. The number of nitrogens with one attached hydrogen (secondary N) is 1. The minimum atomic E-state index is -1.17. The first kappa shape index (κ1) is 23.6. The van der Waals surface area contributed by atoms with Gasteiger partial charge in [-0.3, -0.25) is 14.9 Å². The number of carboxylic acids is 1. The van der Waals surface area contributed by atoms with Crippen molar-refractivity contribution in [3.8, 4) is 0 Å². The van der Waals surface area contributed by atoms with E-state index in [1.807, 2.05) is 0 Å². The molecule has 170 valence electrons. The van der Waals surface area contributed by atoms with Gasteiger partial charge in [-0.25, -0.2) is 9.59 Å². The first-order chi connectivity index (χ1) is 15.0. The zero-order valence-corrected chi connectivity index (χ0v) is 18.8. The largest absolute Gasteiger partial charge is 0.481 e. The number of carbonyl (C=O) groups is 3. The number of aliphatic carboxylic acids is 1. The van der Waals surface area contributed by atoms with E-state index in [0.29, 0.717) is 26.5 Å². The van der Waals surface area contributed by atoms with Crippen molar-refractivity contribution in [2.24, 2.45) is 0 Å². The lowest BCUT2D eigenvalue weighted by atomic mass is 9.99. The first-order valence-corrected chi connectivity index (χ1v) is 10.4. The first-order valence-electron chi connectivity index (χ1n) is 9.65. The Labute approximate surface area is 194 Å². The van der Waals surface area contributed by atoms with E-state index < -0.39 is 29.7 Å². The summed E-state index contributed by atoms with van der Waals surface area (Å²) in [5, 5.41) is 23.9. The Kier molecular flexibility index (Phi) is 6.82. The fourth-order valence-corrected chi connectivity index (χ4v) is 3.87. The monoisotopic (exact) mass is 480 g/mol. The summed E-state index contributed by atoms with van der Waals surface area (Å²) >= 11 is 11.8. The fourth-order valence-electron chi connectivity index (χ4n) is 3.61. The smallest absolute Gasteiger partial charge is 0.347 e. The van der Waals surface area contributed by atoms with Crippen molar-refractivity contribution in [2.45, 2.75) is 32.0 Å². The number of nitrogens with zero attached hydrogens (tertiary/aromatic N) is 3. The maximum absolute atomic E-state index is 13.3. The molecule has 11 heteroatoms. The molecule has 1 saturated heterocycles. The van der Waals surface area contributed by atoms with Gasteiger partial charge >= 0.3 is 18.0 Å². The zero-order valence-electron chi connectivity index (χ0n) is 17.3. The topological polar surface area (TPSA) is 113 Å². The van der Waals surface area contributed by atoms with Gasteiger partial charge < -0.3 is 15.3 Å². The van der Waals surface area contributed by atoms with Crippen LogP contribution in [-0.2, 0) is 4.79 Å². The van der Waals surface area contributed by atoms with E-state index in [1.165, 1.54) is 9.80 Å². The Bertz CT molecular complexity index is 1010. The summed E-state index contributed by atoms with van der Waals surface area (Å²) < 4.78 is 0. The third-order valence-electron chi connectivity index (χ3n) is 5.20. The highest BCUT2D eigenvalue weighted by atomic mass is 35.5. The van der Waals surface area contributed by atoms with Crippen LogP contribution in [0.2, 0.25) is 10.0 Å². The second-order valence-electron chi connectivity index (χ2n) is 7.73. The van der Waals surface area contributed by atoms with Gasteiger partial charge in [0.1, 0.15) is 0 Å². The minimum Gasteiger partial charge on any atom is -0.481 e. The van der Waals surface area contributed by atoms with Crippen molar-refractivity contribution in [1.29, 1.82) is 0 Å². The molecule has 1 atom stereocenters. The van der Waals surface area contributed by atoms with Crippen LogP contribution < -0.4 is 10.2 Å². The van der Waals surface area contributed by atoms with Crippen LogP contribution >= 0.6 is 23.2 Å². The van der Waals surface area contributed by atoms with Crippen LogP contribution in [0.25, 0.3) is 0 Å². The molecule has 1 heterocycles. The number of anilines is 2. The second-order valence-corrected chi connectivity index (χ2v) is 8.61. The van der Waals surface area contributed by atoms with E-state index in [2.05, 4.69) is 5.32 Å². The Hall–Kier alpha value is -3.01. The van der Waals surface area contributed by atoms with Gasteiger partial charge in [0.15, 0.2) is 6.17 Å². The maximum Gasteiger partial charge on any atom is 0.347 e. The molecule has 1 aliphatic rings. The van der Waals surface area contributed by atoms with Crippen molar-refractivity contribution >= 4 is 52.6 Å². The van der Waals surface area contributed by atoms with Crippen molar-refractivity contribution in [3.05, 3.63) is 58.6 Å². The predicted molar refractivity (Wildman–Crippen MR) is 120 cm³/mol. The average Bonchev–Trinajstić information content (AvgIpc) is 2.93. The number of hydroxylamine groups is 2. The van der Waals surface area contributed by atoms with Gasteiger partial charge in [0.05, 0.1) is 12.0 Å². The van der Waals surface area contributed by atoms with Crippen LogP contribution in [0.5, 0.6) is 0 Å². The van der Waals surface area contributed by atoms with Crippen LogP contribution in [-0.4, -0.2) is 56.6 Å². The lowest BCUT2D eigenvalue weighted by molar-refractivity contribution is -0.137. The molecular weight excluding hydrogens is 459 g/mol. The summed E-state index contributed by atoms with van der Waals surface area (Å²) in [5.41, 5.74) is -0.367. The molecule has 9 nitrogen and oxygen atoms in total. The van der Waals surface area contributed by atoms with Gasteiger partial charge in [0, 0.05) is 28.0 Å². The molecule has 2 aromatic rings. The number of amides is 4. The third kappa shape index (κ3) is 4.74. The Morgan fingerprint density at radius 3 is 2.12 bits per heavy atom. The summed E-state index contributed by atoms with van der Waals surface area (Å²) in [5.74, 6) is -1.07. The molecule has 1 fully saturated rings. The van der Waals surface area contributed by atoms with Crippen molar-refractivity contribution in [3.63, 3.8) is 0 Å². The molecule has 0 aromatic heterocycles. The van der Waals surface area contributed by atoms with Gasteiger partial charge in [0.25, 0.3) is 0 Å². The van der Waals surface area contributed by atoms with Crippen LogP contribution in [0.1, 0.15) is 20.3 Å². The van der Waals surface area contributed by atoms with Gasteiger partial charge in [-0.15, -0.1) is 0 Å². The summed E-state index contributed by atoms with van der Waals surface area (Å²) in [6.07, 6.45) is -1.46. The molecule has 3 N–H and O–H groups in total. The van der Waals surface area contributed by atoms with E-state index in [0.717, 1.165) is 0 Å². The Balaban J connectivity index is 1.96. The lowest BCUT2D eigenvalue weighted by Crippen LogP contribution is -2.58. The van der Waals surface area contributed by atoms with Crippen LogP contribution in [0, 0.1) is 0 Å². The van der Waals surface area contributed by atoms with E-state index in [4.69, 9.17) is 28.3 Å². The molecule has 0 bridgehead atoms. The van der Waals surface area contributed by atoms with Crippen molar-refractivity contribution < 1.29 is 24.7 Å². The summed E-state index contributed by atoms with van der Waals surface area (Å²) in [6.45, 7) is 3.19. The average molecular weight is 481 g/mol. The van der Waals surface area contributed by atoms with Gasteiger partial charge in [-0.2, -0.15) is 5.06 Å². The number of carboxylic acid groups (broad SMARTS) is 1. The lowest BCUT2D eigenvalue weighted by Gasteiger charge is -2.38. The number of hydrogen-bond donors (Lipinski definition) is 3. The summed E-state index contributed by atoms with van der Waals surface area (Å²) in [6, 6.07) is 11.2. The van der Waals surface area contributed by atoms with Crippen molar-refractivity contribution in [1.82, 2.24) is 9.96 Å². The molecule has 4 amide bonds. The van der Waals surface area contributed by atoms with Crippen molar-refractivity contribution in [2.75, 3.05) is 16.8 Å².